The normalized spacial score (nSPS) is 18.9. The van der Waals surface area contributed by atoms with Crippen LogP contribution < -0.4 is 19.6 Å². The van der Waals surface area contributed by atoms with Crippen LogP contribution in [0.1, 0.15) is 87.0 Å². The second-order valence-corrected chi connectivity index (χ2v) is 16.0. The molecule has 0 N–H and O–H groups in total. The summed E-state index contributed by atoms with van der Waals surface area (Å²) in [5, 5.41) is 0. The maximum atomic E-state index is 14.5. The Kier molecular flexibility index (Phi) is 11.5. The van der Waals surface area contributed by atoms with Crippen molar-refractivity contribution in [1.82, 2.24) is 39.9 Å². The highest BCUT2D eigenvalue weighted by Crippen LogP contribution is 2.36. The van der Waals surface area contributed by atoms with Gasteiger partial charge in [-0.3, -0.25) is 9.97 Å². The first kappa shape index (κ1) is 39.3. The molecule has 2 unspecified atom stereocenters. The molecule has 10 heterocycles. The summed E-state index contributed by atoms with van der Waals surface area (Å²) in [6, 6.07) is 18.2. The lowest BCUT2D eigenvalue weighted by Crippen LogP contribution is -2.36. The van der Waals surface area contributed by atoms with Gasteiger partial charge in [-0.2, -0.15) is 4.39 Å². The Labute approximate surface area is 349 Å². The molecule has 308 valence electrons. The summed E-state index contributed by atoms with van der Waals surface area (Å²) in [4.78, 5) is 45.2. The number of nitrogens with zero attached hydrogens (tertiary/aromatic N) is 12. The summed E-state index contributed by atoms with van der Waals surface area (Å²) in [6.45, 7) is 9.53. The van der Waals surface area contributed by atoms with Crippen molar-refractivity contribution in [1.29, 1.82) is 0 Å². The van der Waals surface area contributed by atoms with E-state index >= 15 is 0 Å². The summed E-state index contributed by atoms with van der Waals surface area (Å²) in [5.74, 6) is 2.74. The van der Waals surface area contributed by atoms with Crippen LogP contribution in [0.25, 0.3) is 23.0 Å². The van der Waals surface area contributed by atoms with E-state index in [0.717, 1.165) is 123 Å². The van der Waals surface area contributed by atoms with Gasteiger partial charge in [-0.05, 0) is 76.6 Å². The minimum atomic E-state index is -0.423. The molecule has 0 aromatic carbocycles. The average molecular weight is 809 g/mol. The molecule has 0 saturated carbocycles. The number of anilines is 4. The van der Waals surface area contributed by atoms with Crippen molar-refractivity contribution in [3.8, 4) is 23.0 Å². The molecule has 10 rings (SSSR count). The van der Waals surface area contributed by atoms with Crippen LogP contribution in [0.3, 0.4) is 0 Å². The molecule has 6 aromatic rings. The van der Waals surface area contributed by atoms with Gasteiger partial charge in [0.05, 0.1) is 23.5 Å². The highest BCUT2D eigenvalue weighted by molar-refractivity contribution is 5.58. The summed E-state index contributed by atoms with van der Waals surface area (Å²) in [7, 11) is 0. The molecule has 4 aliphatic rings. The molecule has 0 amide bonds. The monoisotopic (exact) mass is 808 g/mol. The Morgan fingerprint density at radius 1 is 0.517 bits per heavy atom. The number of hydrogen-bond acceptors (Lipinski definition) is 12. The molecule has 0 spiro atoms. The van der Waals surface area contributed by atoms with Crippen molar-refractivity contribution in [2.45, 2.75) is 77.3 Å². The first-order chi connectivity index (χ1) is 29.4. The van der Waals surface area contributed by atoms with Crippen LogP contribution in [-0.4, -0.2) is 79.1 Å². The van der Waals surface area contributed by atoms with E-state index in [1.807, 2.05) is 54.9 Å². The van der Waals surface area contributed by atoms with E-state index in [1.165, 1.54) is 18.9 Å². The zero-order chi connectivity index (χ0) is 41.0. The SMILES string of the molecule is CC1c2cnc(-c3ccccn3)nc2CCN1c1cc(F)cc(N2CCCCC2)n1.CC1c2cnc(-c3ccccn3)nc2CCN1c1cc(N2CCCCC2)cc(F)n1. The maximum absolute atomic E-state index is 14.5. The van der Waals surface area contributed by atoms with Crippen LogP contribution >= 0.6 is 0 Å². The van der Waals surface area contributed by atoms with E-state index in [4.69, 9.17) is 15.0 Å². The fourth-order valence-electron chi connectivity index (χ4n) is 8.84. The highest BCUT2D eigenvalue weighted by atomic mass is 19.1. The van der Waals surface area contributed by atoms with Gasteiger partial charge in [0.2, 0.25) is 5.95 Å². The van der Waals surface area contributed by atoms with Crippen molar-refractivity contribution in [2.24, 2.45) is 0 Å². The molecular formula is C46H50F2N12. The number of pyridine rings is 4. The largest absolute Gasteiger partial charge is 0.371 e. The second-order valence-electron chi connectivity index (χ2n) is 16.0. The highest BCUT2D eigenvalue weighted by Gasteiger charge is 2.30. The van der Waals surface area contributed by atoms with E-state index < -0.39 is 5.95 Å². The molecule has 2 saturated heterocycles. The standard InChI is InChI=1S/2C23H25FN6/c1-16-18-15-26-23(20-7-3-4-9-25-20)27-19(18)8-12-30(16)22-14-17(13-21(24)28-22)29-10-5-2-6-11-29;1-16-18-15-26-23(20-7-3-4-9-25-20)27-19(18)8-12-30(16)22-14-17(24)13-21(28-22)29-10-5-2-6-11-29/h2*3-4,7,9,13-16H,2,5-6,8,10-12H2,1H3. The molecule has 2 atom stereocenters. The number of hydrogen-bond donors (Lipinski definition) is 0. The number of fused-ring (bicyclic) bond motifs is 2. The van der Waals surface area contributed by atoms with Gasteiger partial charge in [0, 0.05) is 118 Å². The molecule has 0 bridgehead atoms. The van der Waals surface area contributed by atoms with Gasteiger partial charge in [-0.1, -0.05) is 12.1 Å². The van der Waals surface area contributed by atoms with Gasteiger partial charge < -0.3 is 19.6 Å². The van der Waals surface area contributed by atoms with Crippen molar-refractivity contribution in [3.05, 3.63) is 120 Å². The first-order valence-corrected chi connectivity index (χ1v) is 21.3. The quantitative estimate of drug-likeness (QED) is 0.151. The zero-order valence-corrected chi connectivity index (χ0v) is 34.3. The van der Waals surface area contributed by atoms with Crippen LogP contribution in [0.4, 0.5) is 31.9 Å². The predicted octanol–water partition coefficient (Wildman–Crippen LogP) is 8.37. The lowest BCUT2D eigenvalue weighted by molar-refractivity contribution is 0.553. The van der Waals surface area contributed by atoms with E-state index in [9.17, 15) is 8.78 Å². The minimum absolute atomic E-state index is 0.0232. The van der Waals surface area contributed by atoms with Crippen molar-refractivity contribution >= 4 is 23.1 Å². The second kappa shape index (κ2) is 17.6. The Morgan fingerprint density at radius 2 is 1.03 bits per heavy atom. The van der Waals surface area contributed by atoms with Crippen LogP contribution in [0.5, 0.6) is 0 Å². The van der Waals surface area contributed by atoms with Crippen molar-refractivity contribution in [3.63, 3.8) is 0 Å². The molecular weight excluding hydrogens is 759 g/mol. The number of halogens is 2. The Balaban J connectivity index is 0.000000154. The molecule has 4 aliphatic heterocycles. The topological polar surface area (TPSA) is 116 Å². The maximum Gasteiger partial charge on any atom is 0.216 e. The molecule has 2 fully saturated rings. The summed E-state index contributed by atoms with van der Waals surface area (Å²) in [6.07, 6.45) is 15.9. The number of aromatic nitrogens is 8. The van der Waals surface area contributed by atoms with E-state index in [-0.39, 0.29) is 17.9 Å². The summed E-state index contributed by atoms with van der Waals surface area (Å²) >= 11 is 0. The van der Waals surface area contributed by atoms with Gasteiger partial charge in [-0.25, -0.2) is 34.3 Å². The Hall–Kier alpha value is -6.18. The fraction of sp³-hybridized carbons (Fsp3) is 0.391. The third-order valence-electron chi connectivity index (χ3n) is 12.1. The van der Waals surface area contributed by atoms with Crippen LogP contribution in [0, 0.1) is 11.8 Å². The van der Waals surface area contributed by atoms with Crippen molar-refractivity contribution < 1.29 is 8.78 Å². The van der Waals surface area contributed by atoms with Gasteiger partial charge in [0.1, 0.15) is 34.7 Å². The molecule has 0 aliphatic carbocycles. The van der Waals surface area contributed by atoms with Crippen LogP contribution in [0.2, 0.25) is 0 Å². The molecule has 12 nitrogen and oxygen atoms in total. The van der Waals surface area contributed by atoms with Gasteiger partial charge in [-0.15, -0.1) is 0 Å². The van der Waals surface area contributed by atoms with E-state index in [1.54, 1.807) is 24.5 Å². The predicted molar refractivity (Wildman–Crippen MR) is 230 cm³/mol. The van der Waals surface area contributed by atoms with E-state index in [2.05, 4.69) is 58.4 Å². The minimum Gasteiger partial charge on any atom is -0.371 e. The first-order valence-electron chi connectivity index (χ1n) is 21.3. The third kappa shape index (κ3) is 8.45. The van der Waals surface area contributed by atoms with Crippen molar-refractivity contribution in [2.75, 3.05) is 58.9 Å². The van der Waals surface area contributed by atoms with Crippen LogP contribution in [-0.2, 0) is 12.8 Å². The van der Waals surface area contributed by atoms with Gasteiger partial charge >= 0.3 is 0 Å². The fourth-order valence-corrected chi connectivity index (χ4v) is 8.84. The lowest BCUT2D eigenvalue weighted by Gasteiger charge is -2.36. The molecule has 14 heteroatoms. The summed E-state index contributed by atoms with van der Waals surface area (Å²) < 4.78 is 28.9. The number of rotatable bonds is 6. The van der Waals surface area contributed by atoms with Gasteiger partial charge in [0.25, 0.3) is 0 Å². The molecule has 60 heavy (non-hydrogen) atoms. The third-order valence-corrected chi connectivity index (χ3v) is 12.1. The Morgan fingerprint density at radius 3 is 1.57 bits per heavy atom. The smallest absolute Gasteiger partial charge is 0.216 e. The number of piperidine rings is 2. The summed E-state index contributed by atoms with van der Waals surface area (Å²) in [5.41, 5.74) is 6.65. The van der Waals surface area contributed by atoms with E-state index in [0.29, 0.717) is 23.3 Å². The lowest BCUT2D eigenvalue weighted by atomic mass is 9.99. The zero-order valence-electron chi connectivity index (χ0n) is 34.3. The Bertz CT molecular complexity index is 2240. The average Bonchev–Trinajstić information content (AvgIpc) is 3.30. The van der Waals surface area contributed by atoms with Gasteiger partial charge in [0.15, 0.2) is 11.6 Å². The van der Waals surface area contributed by atoms with Crippen LogP contribution in [0.15, 0.2) is 85.5 Å². The molecule has 0 radical (unpaired) electrons. The molecule has 6 aromatic heterocycles.